The maximum absolute atomic E-state index is 12.7. The molecule has 3 aromatic rings. The molecule has 0 atom stereocenters. The van der Waals surface area contributed by atoms with Crippen molar-refractivity contribution in [2.45, 2.75) is 4.90 Å². The number of rotatable bonds is 7. The quantitative estimate of drug-likeness (QED) is 0.521. The molecule has 4 rings (SSSR count). The van der Waals surface area contributed by atoms with Crippen LogP contribution >= 0.6 is 0 Å². The molecule has 0 spiro atoms. The molecule has 176 valence electrons. The Kier molecular flexibility index (Phi) is 7.36. The van der Waals surface area contributed by atoms with Crippen LogP contribution in [0.25, 0.3) is 11.1 Å². The van der Waals surface area contributed by atoms with Crippen molar-refractivity contribution in [1.82, 2.24) is 4.31 Å². The molecule has 0 aromatic heterocycles. The van der Waals surface area contributed by atoms with Gasteiger partial charge in [0.25, 0.3) is 5.91 Å². The Morgan fingerprint density at radius 3 is 2.12 bits per heavy atom. The number of anilines is 1. The van der Waals surface area contributed by atoms with Gasteiger partial charge in [0.05, 0.1) is 23.7 Å². The van der Waals surface area contributed by atoms with Gasteiger partial charge >= 0.3 is 5.97 Å². The molecule has 0 bridgehead atoms. The Labute approximate surface area is 198 Å². The zero-order chi connectivity index (χ0) is 24.0. The third-order valence-corrected chi connectivity index (χ3v) is 7.22. The topological polar surface area (TPSA) is 102 Å². The van der Waals surface area contributed by atoms with Crippen LogP contribution < -0.4 is 5.32 Å². The minimum absolute atomic E-state index is 0.137. The molecule has 1 amide bonds. The lowest BCUT2D eigenvalue weighted by molar-refractivity contribution is -0.119. The van der Waals surface area contributed by atoms with E-state index in [4.69, 9.17) is 9.47 Å². The Hall–Kier alpha value is -3.53. The molecule has 1 aliphatic heterocycles. The average molecular weight is 481 g/mol. The highest BCUT2D eigenvalue weighted by Crippen LogP contribution is 2.21. The number of amides is 1. The highest BCUT2D eigenvalue weighted by Gasteiger charge is 2.26. The van der Waals surface area contributed by atoms with Gasteiger partial charge in [-0.2, -0.15) is 4.31 Å². The molecule has 34 heavy (non-hydrogen) atoms. The third-order valence-electron chi connectivity index (χ3n) is 5.31. The second-order valence-electron chi connectivity index (χ2n) is 7.61. The van der Waals surface area contributed by atoms with Crippen molar-refractivity contribution in [3.05, 3.63) is 84.4 Å². The molecule has 3 aromatic carbocycles. The van der Waals surface area contributed by atoms with Crippen LogP contribution in [-0.4, -0.2) is 57.5 Å². The summed E-state index contributed by atoms with van der Waals surface area (Å²) >= 11 is 0. The fourth-order valence-electron chi connectivity index (χ4n) is 3.49. The summed E-state index contributed by atoms with van der Waals surface area (Å²) in [6.45, 7) is 0.877. The van der Waals surface area contributed by atoms with Gasteiger partial charge in [-0.05, 0) is 47.5 Å². The number of hydrogen-bond acceptors (Lipinski definition) is 6. The maximum Gasteiger partial charge on any atom is 0.338 e. The lowest BCUT2D eigenvalue weighted by Gasteiger charge is -2.26. The first-order chi connectivity index (χ1) is 16.4. The van der Waals surface area contributed by atoms with E-state index in [2.05, 4.69) is 5.32 Å². The van der Waals surface area contributed by atoms with Crippen LogP contribution in [0, 0.1) is 0 Å². The predicted molar refractivity (Wildman–Crippen MR) is 127 cm³/mol. The van der Waals surface area contributed by atoms with Crippen molar-refractivity contribution in [3.63, 3.8) is 0 Å². The predicted octanol–water partition coefficient (Wildman–Crippen LogP) is 3.17. The van der Waals surface area contributed by atoms with Crippen molar-refractivity contribution in [2.24, 2.45) is 0 Å². The van der Waals surface area contributed by atoms with Gasteiger partial charge in [0.15, 0.2) is 6.61 Å². The lowest BCUT2D eigenvalue weighted by atomic mass is 10.0. The number of nitrogens with zero attached hydrogens (tertiary/aromatic N) is 1. The molecule has 1 aliphatic rings. The van der Waals surface area contributed by atoms with Crippen molar-refractivity contribution in [2.75, 3.05) is 38.2 Å². The fourth-order valence-corrected chi connectivity index (χ4v) is 4.90. The van der Waals surface area contributed by atoms with Gasteiger partial charge in [0.1, 0.15) is 0 Å². The van der Waals surface area contributed by atoms with Crippen LogP contribution in [0.2, 0.25) is 0 Å². The van der Waals surface area contributed by atoms with E-state index >= 15 is 0 Å². The summed E-state index contributed by atoms with van der Waals surface area (Å²) in [7, 11) is -3.61. The monoisotopic (exact) mass is 480 g/mol. The number of morpholine rings is 1. The molecule has 0 radical (unpaired) electrons. The SMILES string of the molecule is O=C(COC(=O)c1ccc(-c2ccccc2)cc1)Nc1ccc(S(=O)(=O)N2CCOCC2)cc1. The average Bonchev–Trinajstić information content (AvgIpc) is 2.89. The van der Waals surface area contributed by atoms with Crippen molar-refractivity contribution in [1.29, 1.82) is 0 Å². The van der Waals surface area contributed by atoms with Crippen LogP contribution in [0.1, 0.15) is 10.4 Å². The molecule has 1 fully saturated rings. The zero-order valence-corrected chi connectivity index (χ0v) is 19.2. The fraction of sp³-hybridized carbons (Fsp3) is 0.200. The summed E-state index contributed by atoms with van der Waals surface area (Å²) in [6.07, 6.45) is 0. The molecular formula is C25H24N2O6S. The van der Waals surface area contributed by atoms with E-state index in [1.54, 1.807) is 12.1 Å². The van der Waals surface area contributed by atoms with Crippen LogP contribution in [0.15, 0.2) is 83.8 Å². The van der Waals surface area contributed by atoms with Gasteiger partial charge in [-0.1, -0.05) is 42.5 Å². The summed E-state index contributed by atoms with van der Waals surface area (Å²) in [4.78, 5) is 24.6. The number of carbonyl (C=O) groups is 2. The van der Waals surface area contributed by atoms with E-state index in [-0.39, 0.29) is 4.90 Å². The number of benzene rings is 3. The maximum atomic E-state index is 12.7. The summed E-state index contributed by atoms with van der Waals surface area (Å²) in [6, 6.07) is 22.5. The summed E-state index contributed by atoms with van der Waals surface area (Å²) in [5.74, 6) is -1.14. The second kappa shape index (κ2) is 10.6. The van der Waals surface area contributed by atoms with Crippen LogP contribution in [0.4, 0.5) is 5.69 Å². The smallest absolute Gasteiger partial charge is 0.338 e. The Morgan fingerprint density at radius 1 is 0.853 bits per heavy atom. The first-order valence-corrected chi connectivity index (χ1v) is 12.2. The minimum Gasteiger partial charge on any atom is -0.452 e. The highest BCUT2D eigenvalue weighted by atomic mass is 32.2. The number of ether oxygens (including phenoxy) is 2. The van der Waals surface area contributed by atoms with E-state index in [1.807, 2.05) is 42.5 Å². The Bertz CT molecular complexity index is 1240. The number of carbonyl (C=O) groups excluding carboxylic acids is 2. The van der Waals surface area contributed by atoms with Crippen molar-refractivity contribution >= 4 is 27.6 Å². The standard InChI is InChI=1S/C25H24N2O6S/c28-24(18-33-25(29)21-8-6-20(7-9-21)19-4-2-1-3-5-19)26-22-10-12-23(13-11-22)34(30,31)27-14-16-32-17-15-27/h1-13H,14-18H2,(H,26,28). The largest absolute Gasteiger partial charge is 0.452 e. The van der Waals surface area contributed by atoms with Gasteiger partial charge in [-0.15, -0.1) is 0 Å². The summed E-state index contributed by atoms with van der Waals surface area (Å²) in [5.41, 5.74) is 2.74. The first-order valence-electron chi connectivity index (χ1n) is 10.7. The molecule has 1 saturated heterocycles. The van der Waals surface area contributed by atoms with Gasteiger partial charge in [0.2, 0.25) is 10.0 Å². The summed E-state index contributed by atoms with van der Waals surface area (Å²) < 4.78 is 37.0. The van der Waals surface area contributed by atoms with E-state index in [9.17, 15) is 18.0 Å². The van der Waals surface area contributed by atoms with E-state index in [0.29, 0.717) is 37.6 Å². The van der Waals surface area contributed by atoms with Crippen molar-refractivity contribution in [3.8, 4) is 11.1 Å². The molecule has 0 unspecified atom stereocenters. The molecule has 1 heterocycles. The highest BCUT2D eigenvalue weighted by molar-refractivity contribution is 7.89. The van der Waals surface area contributed by atoms with Crippen LogP contribution in [0.3, 0.4) is 0 Å². The number of sulfonamides is 1. The van der Waals surface area contributed by atoms with Gasteiger partial charge < -0.3 is 14.8 Å². The molecule has 0 aliphatic carbocycles. The molecular weight excluding hydrogens is 456 g/mol. The molecule has 9 heteroatoms. The minimum atomic E-state index is -3.61. The van der Waals surface area contributed by atoms with Crippen molar-refractivity contribution < 1.29 is 27.5 Å². The number of hydrogen-bond donors (Lipinski definition) is 1. The van der Waals surface area contributed by atoms with Crippen LogP contribution in [0.5, 0.6) is 0 Å². The molecule has 0 saturated carbocycles. The second-order valence-corrected chi connectivity index (χ2v) is 9.55. The number of nitrogens with one attached hydrogen (secondary N) is 1. The van der Waals surface area contributed by atoms with E-state index in [1.165, 1.54) is 28.6 Å². The molecule has 1 N–H and O–H groups in total. The van der Waals surface area contributed by atoms with Crippen LogP contribution in [-0.2, 0) is 24.3 Å². The van der Waals surface area contributed by atoms with E-state index < -0.39 is 28.5 Å². The molecule has 8 nitrogen and oxygen atoms in total. The lowest BCUT2D eigenvalue weighted by Crippen LogP contribution is -2.40. The number of esters is 1. The van der Waals surface area contributed by atoms with Gasteiger partial charge in [-0.25, -0.2) is 13.2 Å². The third kappa shape index (κ3) is 5.69. The summed E-state index contributed by atoms with van der Waals surface area (Å²) in [5, 5.41) is 2.59. The van der Waals surface area contributed by atoms with E-state index in [0.717, 1.165) is 11.1 Å². The zero-order valence-electron chi connectivity index (χ0n) is 18.3. The van der Waals surface area contributed by atoms with Gasteiger partial charge in [-0.3, -0.25) is 4.79 Å². The van der Waals surface area contributed by atoms with Gasteiger partial charge in [0, 0.05) is 18.8 Å². The Balaban J connectivity index is 1.29. The first kappa shape index (κ1) is 23.6. The Morgan fingerprint density at radius 2 is 1.47 bits per heavy atom. The normalized spacial score (nSPS) is 14.4.